The molecule has 0 bridgehead atoms. The van der Waals surface area contributed by atoms with E-state index >= 15 is 0 Å². The molecule has 0 aliphatic carbocycles. The number of methoxy groups -OCH3 is 1. The van der Waals surface area contributed by atoms with E-state index in [0.717, 1.165) is 32.3 Å². The van der Waals surface area contributed by atoms with Gasteiger partial charge in [-0.2, -0.15) is 0 Å². The van der Waals surface area contributed by atoms with Crippen LogP contribution in [0, 0.1) is 0 Å². The SMILES string of the molecule is COCCCCCc1ccccc1CCCO. The maximum Gasteiger partial charge on any atom is 0.0462 e. The highest BCUT2D eigenvalue weighted by atomic mass is 16.5. The fraction of sp³-hybridized carbons (Fsp3) is 0.600. The first-order chi connectivity index (χ1) is 8.38. The Hall–Kier alpha value is -0.860. The maximum atomic E-state index is 8.88. The van der Waals surface area contributed by atoms with Gasteiger partial charge in [0.1, 0.15) is 0 Å². The highest BCUT2D eigenvalue weighted by Crippen LogP contribution is 2.14. The van der Waals surface area contributed by atoms with Crippen molar-refractivity contribution in [1.82, 2.24) is 0 Å². The number of benzene rings is 1. The van der Waals surface area contributed by atoms with Crippen molar-refractivity contribution in [3.05, 3.63) is 35.4 Å². The highest BCUT2D eigenvalue weighted by molar-refractivity contribution is 5.27. The first-order valence-corrected chi connectivity index (χ1v) is 6.55. The zero-order valence-corrected chi connectivity index (χ0v) is 10.8. The fourth-order valence-electron chi connectivity index (χ4n) is 2.05. The lowest BCUT2D eigenvalue weighted by Crippen LogP contribution is -1.97. The van der Waals surface area contributed by atoms with Gasteiger partial charge in [0, 0.05) is 20.3 Å². The maximum absolute atomic E-state index is 8.88. The number of hydrogen-bond donors (Lipinski definition) is 1. The molecule has 2 nitrogen and oxygen atoms in total. The largest absolute Gasteiger partial charge is 0.396 e. The van der Waals surface area contributed by atoms with Crippen molar-refractivity contribution in [2.45, 2.75) is 38.5 Å². The number of unbranched alkanes of at least 4 members (excludes halogenated alkanes) is 2. The van der Waals surface area contributed by atoms with Crippen molar-refractivity contribution in [2.24, 2.45) is 0 Å². The number of rotatable bonds is 9. The molecule has 1 aromatic carbocycles. The Balaban J connectivity index is 2.35. The molecule has 0 aromatic heterocycles. The van der Waals surface area contributed by atoms with Crippen molar-refractivity contribution in [2.75, 3.05) is 20.3 Å². The molecule has 0 radical (unpaired) electrons. The van der Waals surface area contributed by atoms with E-state index in [9.17, 15) is 0 Å². The Morgan fingerprint density at radius 3 is 2.18 bits per heavy atom. The standard InChI is InChI=1S/C15H24O2/c1-17-13-6-2-3-8-14-9-4-5-10-15(14)11-7-12-16/h4-5,9-10,16H,2-3,6-8,11-13H2,1H3. The molecule has 2 heteroatoms. The van der Waals surface area contributed by atoms with Crippen molar-refractivity contribution in [3.63, 3.8) is 0 Å². The van der Waals surface area contributed by atoms with E-state index in [2.05, 4.69) is 24.3 Å². The second-order valence-electron chi connectivity index (χ2n) is 4.40. The van der Waals surface area contributed by atoms with Crippen LogP contribution < -0.4 is 0 Å². The minimum absolute atomic E-state index is 0.280. The van der Waals surface area contributed by atoms with Gasteiger partial charge in [-0.25, -0.2) is 0 Å². The average molecular weight is 236 g/mol. The van der Waals surface area contributed by atoms with E-state index in [-0.39, 0.29) is 6.61 Å². The van der Waals surface area contributed by atoms with Crippen molar-refractivity contribution < 1.29 is 9.84 Å². The third kappa shape index (κ3) is 5.85. The van der Waals surface area contributed by atoms with Gasteiger partial charge in [-0.05, 0) is 43.2 Å². The second kappa shape index (κ2) is 9.20. The number of ether oxygens (including phenoxy) is 1. The van der Waals surface area contributed by atoms with Crippen LogP contribution in [0.15, 0.2) is 24.3 Å². The second-order valence-corrected chi connectivity index (χ2v) is 4.40. The highest BCUT2D eigenvalue weighted by Gasteiger charge is 2.01. The van der Waals surface area contributed by atoms with Gasteiger partial charge >= 0.3 is 0 Å². The molecule has 0 amide bonds. The van der Waals surface area contributed by atoms with E-state index in [1.807, 2.05) is 0 Å². The first-order valence-electron chi connectivity index (χ1n) is 6.55. The molecule has 0 fully saturated rings. The van der Waals surface area contributed by atoms with Crippen LogP contribution in [0.3, 0.4) is 0 Å². The zero-order valence-electron chi connectivity index (χ0n) is 10.8. The van der Waals surface area contributed by atoms with E-state index in [0.29, 0.717) is 0 Å². The predicted octanol–water partition coefficient (Wildman–Crippen LogP) is 2.97. The van der Waals surface area contributed by atoms with Gasteiger partial charge < -0.3 is 9.84 Å². The molecule has 1 N–H and O–H groups in total. The average Bonchev–Trinajstić information content (AvgIpc) is 2.37. The Kier molecular flexibility index (Phi) is 7.69. The summed E-state index contributed by atoms with van der Waals surface area (Å²) >= 11 is 0. The number of aryl methyl sites for hydroxylation is 2. The number of aliphatic hydroxyl groups excluding tert-OH is 1. The molecular weight excluding hydrogens is 212 g/mol. The Labute approximate surface area is 105 Å². The third-order valence-electron chi connectivity index (χ3n) is 3.02. The van der Waals surface area contributed by atoms with Crippen LogP contribution in [0.1, 0.15) is 36.8 Å². The molecule has 1 rings (SSSR count). The van der Waals surface area contributed by atoms with Crippen molar-refractivity contribution in [3.8, 4) is 0 Å². The van der Waals surface area contributed by atoms with E-state index in [4.69, 9.17) is 9.84 Å². The fourth-order valence-corrected chi connectivity index (χ4v) is 2.05. The van der Waals surface area contributed by atoms with E-state index < -0.39 is 0 Å². The monoisotopic (exact) mass is 236 g/mol. The molecule has 96 valence electrons. The van der Waals surface area contributed by atoms with Crippen molar-refractivity contribution >= 4 is 0 Å². The van der Waals surface area contributed by atoms with Gasteiger partial charge in [-0.3, -0.25) is 0 Å². The quantitative estimate of drug-likeness (QED) is 0.668. The Bertz CT molecular complexity index is 297. The molecule has 0 saturated heterocycles. The molecule has 0 atom stereocenters. The van der Waals surface area contributed by atoms with Crippen LogP contribution >= 0.6 is 0 Å². The normalized spacial score (nSPS) is 10.7. The van der Waals surface area contributed by atoms with Gasteiger partial charge in [-0.15, -0.1) is 0 Å². The minimum Gasteiger partial charge on any atom is -0.396 e. The summed E-state index contributed by atoms with van der Waals surface area (Å²) in [6.45, 7) is 1.15. The van der Waals surface area contributed by atoms with Crippen LogP contribution in [0.25, 0.3) is 0 Å². The van der Waals surface area contributed by atoms with E-state index in [1.54, 1.807) is 7.11 Å². The van der Waals surface area contributed by atoms with Crippen molar-refractivity contribution in [1.29, 1.82) is 0 Å². The van der Waals surface area contributed by atoms with Crippen LogP contribution in [0.4, 0.5) is 0 Å². The van der Waals surface area contributed by atoms with Gasteiger partial charge in [-0.1, -0.05) is 30.7 Å². The third-order valence-corrected chi connectivity index (χ3v) is 3.02. The first kappa shape index (κ1) is 14.2. The molecular formula is C15H24O2. The van der Waals surface area contributed by atoms with Crippen LogP contribution in [-0.2, 0) is 17.6 Å². The molecule has 0 spiro atoms. The molecule has 0 saturated carbocycles. The molecule has 1 aromatic rings. The number of aliphatic hydroxyl groups is 1. The molecule has 0 unspecified atom stereocenters. The van der Waals surface area contributed by atoms with Gasteiger partial charge in [0.05, 0.1) is 0 Å². The summed E-state index contributed by atoms with van der Waals surface area (Å²) in [5.41, 5.74) is 2.84. The summed E-state index contributed by atoms with van der Waals surface area (Å²) in [4.78, 5) is 0. The van der Waals surface area contributed by atoms with Gasteiger partial charge in [0.2, 0.25) is 0 Å². The lowest BCUT2D eigenvalue weighted by atomic mass is 9.98. The molecule has 0 heterocycles. The number of hydrogen-bond acceptors (Lipinski definition) is 2. The van der Waals surface area contributed by atoms with Crippen LogP contribution in [0.2, 0.25) is 0 Å². The summed E-state index contributed by atoms with van der Waals surface area (Å²) < 4.78 is 5.04. The predicted molar refractivity (Wildman–Crippen MR) is 71.3 cm³/mol. The molecule has 0 aliphatic rings. The minimum atomic E-state index is 0.280. The summed E-state index contributed by atoms with van der Waals surface area (Å²) in [5, 5.41) is 8.88. The Morgan fingerprint density at radius 1 is 0.941 bits per heavy atom. The molecule has 17 heavy (non-hydrogen) atoms. The van der Waals surface area contributed by atoms with Gasteiger partial charge in [0.15, 0.2) is 0 Å². The lowest BCUT2D eigenvalue weighted by Gasteiger charge is -2.08. The summed E-state index contributed by atoms with van der Waals surface area (Å²) in [5.74, 6) is 0. The summed E-state index contributed by atoms with van der Waals surface area (Å²) in [6.07, 6.45) is 6.59. The van der Waals surface area contributed by atoms with Gasteiger partial charge in [0.25, 0.3) is 0 Å². The lowest BCUT2D eigenvalue weighted by molar-refractivity contribution is 0.192. The van der Waals surface area contributed by atoms with Crippen LogP contribution in [0.5, 0.6) is 0 Å². The Morgan fingerprint density at radius 2 is 1.59 bits per heavy atom. The topological polar surface area (TPSA) is 29.5 Å². The summed E-state index contributed by atoms with van der Waals surface area (Å²) in [7, 11) is 1.75. The molecule has 0 aliphatic heterocycles. The zero-order chi connectivity index (χ0) is 12.3. The summed E-state index contributed by atoms with van der Waals surface area (Å²) in [6, 6.07) is 8.58. The van der Waals surface area contributed by atoms with E-state index in [1.165, 1.54) is 24.0 Å². The van der Waals surface area contributed by atoms with Crippen LogP contribution in [-0.4, -0.2) is 25.4 Å². The smallest absolute Gasteiger partial charge is 0.0462 e.